The number of piperidine rings is 1. The van der Waals surface area contributed by atoms with Gasteiger partial charge in [0, 0.05) is 40.2 Å². The first kappa shape index (κ1) is 19.4. The second kappa shape index (κ2) is 8.99. The Morgan fingerprint density at radius 2 is 1.76 bits per heavy atom. The first-order valence-corrected chi connectivity index (χ1v) is 9.12. The van der Waals surface area contributed by atoms with Crippen LogP contribution >= 0.6 is 0 Å². The summed E-state index contributed by atoms with van der Waals surface area (Å²) in [5, 5.41) is 2.93. The Kier molecular flexibility index (Phi) is 7.00. The molecule has 25 heavy (non-hydrogen) atoms. The number of hydrogen-bond donors (Lipinski definition) is 1. The van der Waals surface area contributed by atoms with Crippen molar-refractivity contribution in [2.45, 2.75) is 40.3 Å². The summed E-state index contributed by atoms with van der Waals surface area (Å²) >= 11 is 0. The lowest BCUT2D eigenvalue weighted by Gasteiger charge is -2.35. The van der Waals surface area contributed by atoms with Crippen molar-refractivity contribution in [3.63, 3.8) is 0 Å². The van der Waals surface area contributed by atoms with Crippen LogP contribution in [0.15, 0.2) is 24.3 Å². The minimum Gasteiger partial charge on any atom is -0.350 e. The van der Waals surface area contributed by atoms with Crippen LogP contribution < -0.4 is 5.32 Å². The molecular weight excluding hydrogens is 314 g/mol. The van der Waals surface area contributed by atoms with Crippen molar-refractivity contribution < 1.29 is 9.59 Å². The lowest BCUT2D eigenvalue weighted by atomic mass is 9.91. The van der Waals surface area contributed by atoms with Crippen molar-refractivity contribution in [1.29, 1.82) is 0 Å². The smallest absolute Gasteiger partial charge is 0.239 e. The molecule has 2 atom stereocenters. The van der Waals surface area contributed by atoms with E-state index in [9.17, 15) is 9.59 Å². The fourth-order valence-electron chi connectivity index (χ4n) is 3.62. The molecule has 0 aliphatic carbocycles. The van der Waals surface area contributed by atoms with Crippen molar-refractivity contribution in [1.82, 2.24) is 15.1 Å². The molecule has 0 radical (unpaired) electrons. The molecule has 1 aromatic carbocycles. The van der Waals surface area contributed by atoms with Gasteiger partial charge in [-0.1, -0.05) is 38.1 Å². The van der Waals surface area contributed by atoms with Crippen LogP contribution in [-0.2, 0) is 22.7 Å². The number of benzene rings is 1. The number of nitrogens with zero attached hydrogens (tertiary/aromatic N) is 2. The maximum absolute atomic E-state index is 12.0. The fourth-order valence-corrected chi connectivity index (χ4v) is 3.62. The molecule has 2 unspecified atom stereocenters. The SMILES string of the molecule is CC(=O)N(C)CC(=O)NCc1ccccc1CN1CC(C)CC(C)C1. The number of nitrogens with one attached hydrogen (secondary N) is 1. The number of carbonyl (C=O) groups is 2. The van der Waals surface area contributed by atoms with Crippen LogP contribution in [0.25, 0.3) is 0 Å². The molecule has 1 heterocycles. The Labute approximate surface area is 151 Å². The molecule has 0 bridgehead atoms. The minimum atomic E-state index is -0.132. The van der Waals surface area contributed by atoms with Crippen molar-refractivity contribution in [3.05, 3.63) is 35.4 Å². The van der Waals surface area contributed by atoms with Gasteiger partial charge in [0.2, 0.25) is 11.8 Å². The molecule has 5 nitrogen and oxygen atoms in total. The monoisotopic (exact) mass is 345 g/mol. The quantitative estimate of drug-likeness (QED) is 0.860. The van der Waals surface area contributed by atoms with Gasteiger partial charge in [0.25, 0.3) is 0 Å². The molecule has 1 saturated heterocycles. The highest BCUT2D eigenvalue weighted by atomic mass is 16.2. The van der Waals surface area contributed by atoms with Crippen LogP contribution in [0.3, 0.4) is 0 Å². The van der Waals surface area contributed by atoms with Crippen LogP contribution in [0, 0.1) is 11.8 Å². The van der Waals surface area contributed by atoms with Crippen molar-refractivity contribution >= 4 is 11.8 Å². The van der Waals surface area contributed by atoms with E-state index in [1.165, 1.54) is 23.8 Å². The first-order valence-electron chi connectivity index (χ1n) is 9.12. The van der Waals surface area contributed by atoms with Gasteiger partial charge in [-0.05, 0) is 29.4 Å². The molecular formula is C20H31N3O2. The number of carbonyl (C=O) groups excluding carboxylic acids is 2. The van der Waals surface area contributed by atoms with E-state index in [0.29, 0.717) is 6.54 Å². The van der Waals surface area contributed by atoms with Crippen molar-refractivity contribution in [3.8, 4) is 0 Å². The van der Waals surface area contributed by atoms with Gasteiger partial charge < -0.3 is 10.2 Å². The van der Waals surface area contributed by atoms with E-state index >= 15 is 0 Å². The summed E-state index contributed by atoms with van der Waals surface area (Å²) in [6, 6.07) is 8.28. The standard InChI is InChI=1S/C20H31N3O2/c1-15-9-16(2)12-23(11-15)13-19-8-6-5-7-18(19)10-21-20(25)14-22(4)17(3)24/h5-8,15-16H,9-14H2,1-4H3,(H,21,25). The van der Waals surface area contributed by atoms with Gasteiger partial charge in [0.1, 0.15) is 0 Å². The molecule has 138 valence electrons. The van der Waals surface area contributed by atoms with E-state index in [2.05, 4.69) is 42.3 Å². The largest absolute Gasteiger partial charge is 0.350 e. The van der Waals surface area contributed by atoms with Crippen LogP contribution in [-0.4, -0.2) is 48.3 Å². The summed E-state index contributed by atoms with van der Waals surface area (Å²) in [7, 11) is 1.63. The molecule has 1 N–H and O–H groups in total. The first-order chi connectivity index (χ1) is 11.8. The van der Waals surface area contributed by atoms with Crippen LogP contribution in [0.2, 0.25) is 0 Å². The van der Waals surface area contributed by atoms with E-state index in [4.69, 9.17) is 0 Å². The summed E-state index contributed by atoms with van der Waals surface area (Å²) in [5.41, 5.74) is 2.41. The molecule has 5 heteroatoms. The number of likely N-dealkylation sites (tertiary alicyclic amines) is 1. The Balaban J connectivity index is 1.94. The highest BCUT2D eigenvalue weighted by Gasteiger charge is 2.22. The summed E-state index contributed by atoms with van der Waals surface area (Å²) < 4.78 is 0. The maximum Gasteiger partial charge on any atom is 0.239 e. The third-order valence-corrected chi connectivity index (χ3v) is 4.85. The summed E-state index contributed by atoms with van der Waals surface area (Å²) in [6.45, 7) is 9.89. The molecule has 0 saturated carbocycles. The molecule has 1 aromatic rings. The van der Waals surface area contributed by atoms with E-state index in [1.54, 1.807) is 7.05 Å². The Morgan fingerprint density at radius 3 is 2.36 bits per heavy atom. The third kappa shape index (κ3) is 6.16. The summed E-state index contributed by atoms with van der Waals surface area (Å²) in [4.78, 5) is 27.2. The average molecular weight is 345 g/mol. The number of hydrogen-bond acceptors (Lipinski definition) is 3. The Hall–Kier alpha value is -1.88. The zero-order valence-electron chi connectivity index (χ0n) is 15.9. The van der Waals surface area contributed by atoms with Crippen LogP contribution in [0.5, 0.6) is 0 Å². The molecule has 2 rings (SSSR count). The van der Waals surface area contributed by atoms with E-state index in [0.717, 1.165) is 37.0 Å². The van der Waals surface area contributed by atoms with Crippen molar-refractivity contribution in [2.75, 3.05) is 26.7 Å². The zero-order chi connectivity index (χ0) is 18.4. The van der Waals surface area contributed by atoms with Gasteiger partial charge in [-0.3, -0.25) is 14.5 Å². The third-order valence-electron chi connectivity index (χ3n) is 4.85. The van der Waals surface area contributed by atoms with E-state index < -0.39 is 0 Å². The molecule has 1 aliphatic heterocycles. The molecule has 0 aromatic heterocycles. The van der Waals surface area contributed by atoms with E-state index in [1.807, 2.05) is 6.07 Å². The minimum absolute atomic E-state index is 0.0959. The van der Waals surface area contributed by atoms with Crippen molar-refractivity contribution in [2.24, 2.45) is 11.8 Å². The predicted molar refractivity (Wildman–Crippen MR) is 99.8 cm³/mol. The average Bonchev–Trinajstić information content (AvgIpc) is 2.53. The maximum atomic E-state index is 12.0. The molecule has 0 spiro atoms. The zero-order valence-corrected chi connectivity index (χ0v) is 15.9. The lowest BCUT2D eigenvalue weighted by molar-refractivity contribution is -0.133. The van der Waals surface area contributed by atoms with Gasteiger partial charge in [0.15, 0.2) is 0 Å². The van der Waals surface area contributed by atoms with Crippen LogP contribution in [0.1, 0.15) is 38.3 Å². The van der Waals surface area contributed by atoms with Gasteiger partial charge in [-0.2, -0.15) is 0 Å². The fraction of sp³-hybridized carbons (Fsp3) is 0.600. The number of likely N-dealkylation sites (N-methyl/N-ethyl adjacent to an activating group) is 1. The number of rotatable bonds is 6. The van der Waals surface area contributed by atoms with Gasteiger partial charge >= 0.3 is 0 Å². The molecule has 1 fully saturated rings. The normalized spacial score (nSPS) is 21.0. The highest BCUT2D eigenvalue weighted by molar-refractivity contribution is 5.83. The second-order valence-electron chi connectivity index (χ2n) is 7.56. The summed E-state index contributed by atoms with van der Waals surface area (Å²) in [6.07, 6.45) is 1.30. The summed E-state index contributed by atoms with van der Waals surface area (Å²) in [5.74, 6) is 1.23. The van der Waals surface area contributed by atoms with Gasteiger partial charge in [0.05, 0.1) is 6.54 Å². The lowest BCUT2D eigenvalue weighted by Crippen LogP contribution is -2.39. The van der Waals surface area contributed by atoms with Gasteiger partial charge in [-0.15, -0.1) is 0 Å². The predicted octanol–water partition coefficient (Wildman–Crippen LogP) is 2.26. The number of amides is 2. The Bertz CT molecular complexity index is 592. The van der Waals surface area contributed by atoms with Crippen LogP contribution in [0.4, 0.5) is 0 Å². The molecule has 2 amide bonds. The second-order valence-corrected chi connectivity index (χ2v) is 7.56. The highest BCUT2D eigenvalue weighted by Crippen LogP contribution is 2.23. The Morgan fingerprint density at radius 1 is 1.16 bits per heavy atom. The van der Waals surface area contributed by atoms with E-state index in [-0.39, 0.29) is 18.4 Å². The topological polar surface area (TPSA) is 52.7 Å². The molecule has 1 aliphatic rings. The van der Waals surface area contributed by atoms with Gasteiger partial charge in [-0.25, -0.2) is 0 Å².